The summed E-state index contributed by atoms with van der Waals surface area (Å²) in [7, 11) is 0. The highest BCUT2D eigenvalue weighted by Gasteiger charge is 2.00. The number of aromatic amines is 1. The van der Waals surface area contributed by atoms with E-state index in [-0.39, 0.29) is 5.56 Å². The zero-order valence-corrected chi connectivity index (χ0v) is 9.57. The Morgan fingerprint density at radius 3 is 2.71 bits per heavy atom. The SMILES string of the molecule is CC.CCc1ccc2s[nH]c(=O)c2c1. The van der Waals surface area contributed by atoms with E-state index in [1.54, 1.807) is 0 Å². The Bertz CT molecular complexity index is 456. The lowest BCUT2D eigenvalue weighted by Gasteiger charge is -1.93. The Kier molecular flexibility index (Phi) is 3.89. The molecule has 0 aliphatic rings. The van der Waals surface area contributed by atoms with Crippen LogP contribution < -0.4 is 5.56 Å². The highest BCUT2D eigenvalue weighted by Crippen LogP contribution is 2.15. The number of hydrogen-bond acceptors (Lipinski definition) is 2. The molecule has 0 bridgehead atoms. The van der Waals surface area contributed by atoms with E-state index in [1.807, 2.05) is 26.0 Å². The van der Waals surface area contributed by atoms with Gasteiger partial charge in [0.2, 0.25) is 0 Å². The topological polar surface area (TPSA) is 32.9 Å². The molecule has 0 atom stereocenters. The second kappa shape index (κ2) is 4.96. The fraction of sp³-hybridized carbons (Fsp3) is 0.364. The van der Waals surface area contributed by atoms with Crippen LogP contribution in [0.25, 0.3) is 10.1 Å². The quantitative estimate of drug-likeness (QED) is 0.768. The molecule has 76 valence electrons. The maximum atomic E-state index is 11.2. The molecule has 0 radical (unpaired) electrons. The molecule has 1 heterocycles. The standard InChI is InChI=1S/C9H9NOS.C2H6/c1-2-6-3-4-8-7(5-6)9(11)10-12-8;1-2/h3-5H,2H2,1H3,(H,10,11);1-2H3. The van der Waals surface area contributed by atoms with E-state index in [9.17, 15) is 4.79 Å². The minimum atomic E-state index is 0.0327. The fourth-order valence-corrected chi connectivity index (χ4v) is 1.93. The van der Waals surface area contributed by atoms with Gasteiger partial charge in [-0.2, -0.15) is 0 Å². The molecule has 3 heteroatoms. The molecule has 14 heavy (non-hydrogen) atoms. The summed E-state index contributed by atoms with van der Waals surface area (Å²) in [6.45, 7) is 6.09. The van der Waals surface area contributed by atoms with Gasteiger partial charge < -0.3 is 0 Å². The summed E-state index contributed by atoms with van der Waals surface area (Å²) in [5, 5.41) is 0.819. The highest BCUT2D eigenvalue weighted by atomic mass is 32.1. The van der Waals surface area contributed by atoms with Crippen LogP contribution in [0.4, 0.5) is 0 Å². The van der Waals surface area contributed by atoms with Crippen LogP contribution in [0.15, 0.2) is 23.0 Å². The first-order valence-electron chi connectivity index (χ1n) is 4.91. The number of aromatic nitrogens is 1. The Morgan fingerprint density at radius 1 is 1.36 bits per heavy atom. The molecule has 2 aromatic rings. The van der Waals surface area contributed by atoms with Crippen LogP contribution in [0.2, 0.25) is 0 Å². The van der Waals surface area contributed by atoms with Crippen molar-refractivity contribution in [2.24, 2.45) is 0 Å². The number of nitrogens with one attached hydrogen (secondary N) is 1. The molecule has 2 nitrogen and oxygen atoms in total. The zero-order valence-electron chi connectivity index (χ0n) is 8.76. The Labute approximate surface area is 87.7 Å². The molecule has 1 aromatic carbocycles. The van der Waals surface area contributed by atoms with E-state index in [4.69, 9.17) is 0 Å². The van der Waals surface area contributed by atoms with Gasteiger partial charge in [0.05, 0.1) is 10.1 Å². The van der Waals surface area contributed by atoms with Gasteiger partial charge in [-0.15, -0.1) is 0 Å². The number of rotatable bonds is 1. The van der Waals surface area contributed by atoms with Crippen molar-refractivity contribution in [3.05, 3.63) is 34.1 Å². The lowest BCUT2D eigenvalue weighted by atomic mass is 10.1. The van der Waals surface area contributed by atoms with Gasteiger partial charge in [0.1, 0.15) is 0 Å². The fourth-order valence-electron chi connectivity index (χ4n) is 1.22. The molecule has 0 saturated heterocycles. The molecular weight excluding hydrogens is 194 g/mol. The Balaban J connectivity index is 0.000000461. The van der Waals surface area contributed by atoms with Gasteiger partial charge in [0, 0.05) is 0 Å². The molecule has 0 fully saturated rings. The molecule has 0 unspecified atom stereocenters. The van der Waals surface area contributed by atoms with Gasteiger partial charge in [-0.25, -0.2) is 0 Å². The molecule has 0 saturated carbocycles. The molecule has 1 aromatic heterocycles. The van der Waals surface area contributed by atoms with Gasteiger partial charge in [-0.3, -0.25) is 9.17 Å². The van der Waals surface area contributed by atoms with Gasteiger partial charge in [-0.1, -0.05) is 38.4 Å². The van der Waals surface area contributed by atoms with E-state index in [2.05, 4.69) is 17.4 Å². The smallest absolute Gasteiger partial charge is 0.265 e. The van der Waals surface area contributed by atoms with Crippen LogP contribution >= 0.6 is 11.5 Å². The highest BCUT2D eigenvalue weighted by molar-refractivity contribution is 7.13. The molecular formula is C11H15NOS. The molecule has 0 aliphatic heterocycles. The van der Waals surface area contributed by atoms with Crippen molar-refractivity contribution in [2.45, 2.75) is 27.2 Å². The lowest BCUT2D eigenvalue weighted by molar-refractivity contribution is 1.15. The zero-order chi connectivity index (χ0) is 10.6. The van der Waals surface area contributed by atoms with Crippen LogP contribution in [0.1, 0.15) is 26.3 Å². The average Bonchev–Trinajstić information content (AvgIpc) is 2.63. The van der Waals surface area contributed by atoms with Crippen LogP contribution in [0, 0.1) is 0 Å². The number of hydrogen-bond donors (Lipinski definition) is 1. The second-order valence-corrected chi connectivity index (χ2v) is 3.57. The molecule has 2 rings (SSSR count). The molecule has 0 spiro atoms. The third-order valence-electron chi connectivity index (χ3n) is 1.95. The first-order valence-corrected chi connectivity index (χ1v) is 5.73. The van der Waals surface area contributed by atoms with Crippen molar-refractivity contribution >= 4 is 21.6 Å². The van der Waals surface area contributed by atoms with E-state index < -0.39 is 0 Å². The number of benzene rings is 1. The predicted octanol–water partition coefficient (Wildman–Crippen LogP) is 3.18. The third kappa shape index (κ3) is 2.04. The third-order valence-corrected chi connectivity index (χ3v) is 2.81. The minimum Gasteiger partial charge on any atom is -0.277 e. The first kappa shape index (κ1) is 11.0. The van der Waals surface area contributed by atoms with Crippen molar-refractivity contribution in [2.75, 3.05) is 0 Å². The van der Waals surface area contributed by atoms with Crippen molar-refractivity contribution < 1.29 is 0 Å². The summed E-state index contributed by atoms with van der Waals surface area (Å²) in [6.07, 6.45) is 0.977. The van der Waals surface area contributed by atoms with Gasteiger partial charge in [0.25, 0.3) is 5.56 Å². The summed E-state index contributed by atoms with van der Waals surface area (Å²) < 4.78 is 3.75. The number of H-pyrrole nitrogens is 1. The summed E-state index contributed by atoms with van der Waals surface area (Å²) in [6, 6.07) is 6.02. The van der Waals surface area contributed by atoms with Gasteiger partial charge in [-0.05, 0) is 24.1 Å². The van der Waals surface area contributed by atoms with Gasteiger partial charge >= 0.3 is 0 Å². The molecule has 0 amide bonds. The van der Waals surface area contributed by atoms with Crippen LogP contribution in [-0.2, 0) is 6.42 Å². The minimum absolute atomic E-state index is 0.0327. The number of fused-ring (bicyclic) bond motifs is 1. The van der Waals surface area contributed by atoms with Crippen LogP contribution in [0.3, 0.4) is 0 Å². The second-order valence-electron chi connectivity index (χ2n) is 2.72. The summed E-state index contributed by atoms with van der Waals surface area (Å²) in [4.78, 5) is 11.2. The van der Waals surface area contributed by atoms with Gasteiger partial charge in [0.15, 0.2) is 0 Å². The number of aryl methyl sites for hydroxylation is 1. The van der Waals surface area contributed by atoms with E-state index in [0.29, 0.717) is 0 Å². The van der Waals surface area contributed by atoms with Crippen molar-refractivity contribution in [1.82, 2.24) is 4.37 Å². The lowest BCUT2D eigenvalue weighted by Crippen LogP contribution is -1.96. The van der Waals surface area contributed by atoms with Crippen molar-refractivity contribution in [1.29, 1.82) is 0 Å². The monoisotopic (exact) mass is 209 g/mol. The normalized spacial score (nSPS) is 9.64. The largest absolute Gasteiger partial charge is 0.277 e. The first-order chi connectivity index (χ1) is 6.81. The average molecular weight is 209 g/mol. The van der Waals surface area contributed by atoms with E-state index in [0.717, 1.165) is 16.5 Å². The maximum absolute atomic E-state index is 11.2. The predicted molar refractivity (Wildman–Crippen MR) is 63.2 cm³/mol. The molecule has 1 N–H and O–H groups in total. The maximum Gasteiger partial charge on any atom is 0.265 e. The summed E-state index contributed by atoms with van der Waals surface area (Å²) in [5.41, 5.74) is 1.25. The summed E-state index contributed by atoms with van der Waals surface area (Å²) >= 11 is 1.40. The van der Waals surface area contributed by atoms with E-state index >= 15 is 0 Å². The Hall–Kier alpha value is -1.09. The molecule has 0 aliphatic carbocycles. The summed E-state index contributed by atoms with van der Waals surface area (Å²) in [5.74, 6) is 0. The van der Waals surface area contributed by atoms with Crippen molar-refractivity contribution in [3.63, 3.8) is 0 Å². The van der Waals surface area contributed by atoms with Crippen LogP contribution in [0.5, 0.6) is 0 Å². The van der Waals surface area contributed by atoms with Crippen LogP contribution in [-0.4, -0.2) is 4.37 Å². The Morgan fingerprint density at radius 2 is 2.07 bits per heavy atom. The van der Waals surface area contributed by atoms with E-state index in [1.165, 1.54) is 17.1 Å². The van der Waals surface area contributed by atoms with Crippen molar-refractivity contribution in [3.8, 4) is 0 Å².